The van der Waals surface area contributed by atoms with Crippen molar-refractivity contribution in [3.63, 3.8) is 0 Å². The van der Waals surface area contributed by atoms with Gasteiger partial charge in [-0.15, -0.1) is 0 Å². The molecule has 0 amide bonds. The number of ketones is 1. The SMILES string of the molecule is CC(=O)CC(=O)O.O=Cc1ccccc1[N+](=O)[O-]. The summed E-state index contributed by atoms with van der Waals surface area (Å²) in [6.45, 7) is 1.24. The first-order valence-corrected chi connectivity index (χ1v) is 4.78. The first-order valence-electron chi connectivity index (χ1n) is 4.78. The van der Waals surface area contributed by atoms with E-state index in [9.17, 15) is 24.5 Å². The second kappa shape index (κ2) is 7.66. The minimum absolute atomic E-state index is 0.109. The number of benzene rings is 1. The average Bonchev–Trinajstić information content (AvgIpc) is 2.27. The van der Waals surface area contributed by atoms with Gasteiger partial charge in [0, 0.05) is 6.07 Å². The number of carbonyl (C=O) groups excluding carboxylic acids is 2. The van der Waals surface area contributed by atoms with Gasteiger partial charge in [-0.1, -0.05) is 12.1 Å². The van der Waals surface area contributed by atoms with E-state index >= 15 is 0 Å². The Kier molecular flexibility index (Phi) is 6.57. The van der Waals surface area contributed by atoms with Gasteiger partial charge >= 0.3 is 5.97 Å². The molecule has 0 aliphatic rings. The summed E-state index contributed by atoms with van der Waals surface area (Å²) in [4.78, 5) is 39.3. The van der Waals surface area contributed by atoms with E-state index in [1.54, 1.807) is 6.07 Å². The summed E-state index contributed by atoms with van der Waals surface area (Å²) in [5.41, 5.74) is -0.0417. The molecule has 0 unspecified atom stereocenters. The van der Waals surface area contributed by atoms with E-state index in [1.165, 1.54) is 25.1 Å². The highest BCUT2D eigenvalue weighted by molar-refractivity contribution is 5.93. The van der Waals surface area contributed by atoms with E-state index in [4.69, 9.17) is 5.11 Å². The van der Waals surface area contributed by atoms with Crippen LogP contribution in [-0.4, -0.2) is 28.1 Å². The van der Waals surface area contributed by atoms with Gasteiger partial charge in [-0.2, -0.15) is 0 Å². The molecular weight excluding hydrogens is 242 g/mol. The molecule has 0 radical (unpaired) electrons. The Morgan fingerprint density at radius 1 is 1.39 bits per heavy atom. The third kappa shape index (κ3) is 6.11. The second-order valence-electron chi connectivity index (χ2n) is 3.21. The molecule has 0 saturated heterocycles. The molecule has 0 heterocycles. The molecule has 0 aliphatic carbocycles. The smallest absolute Gasteiger partial charge is 0.310 e. The van der Waals surface area contributed by atoms with E-state index < -0.39 is 10.9 Å². The summed E-state index contributed by atoms with van der Waals surface area (Å²) in [5, 5.41) is 18.1. The van der Waals surface area contributed by atoms with Crippen LogP contribution in [0.1, 0.15) is 23.7 Å². The molecule has 7 heteroatoms. The molecule has 1 N–H and O–H groups in total. The number of aldehydes is 1. The molecule has 7 nitrogen and oxygen atoms in total. The van der Waals surface area contributed by atoms with Gasteiger partial charge in [-0.25, -0.2) is 0 Å². The summed E-state index contributed by atoms with van der Waals surface area (Å²) in [6.07, 6.45) is 0.109. The number of hydrogen-bond donors (Lipinski definition) is 1. The Labute approximate surface area is 102 Å². The van der Waals surface area contributed by atoms with Gasteiger partial charge in [0.15, 0.2) is 6.29 Å². The zero-order valence-electron chi connectivity index (χ0n) is 9.53. The molecule has 0 aliphatic heterocycles. The molecule has 0 fully saturated rings. The number of nitro benzene ring substituents is 1. The standard InChI is InChI=1S/C7H5NO3.C4H6O3/c9-5-6-3-1-2-4-7(6)8(10)11;1-3(5)2-4(6)7/h1-5H;2H2,1H3,(H,6,7). The minimum atomic E-state index is -1.06. The number of nitro groups is 1. The van der Waals surface area contributed by atoms with Gasteiger partial charge in [0.25, 0.3) is 5.69 Å². The highest BCUT2D eigenvalue weighted by atomic mass is 16.6. The number of aliphatic carboxylic acids is 1. The largest absolute Gasteiger partial charge is 0.481 e. The monoisotopic (exact) mass is 253 g/mol. The van der Waals surface area contributed by atoms with Gasteiger partial charge in [-0.05, 0) is 13.0 Å². The van der Waals surface area contributed by atoms with Crippen molar-refractivity contribution in [1.82, 2.24) is 0 Å². The van der Waals surface area contributed by atoms with Crippen molar-refractivity contribution in [2.24, 2.45) is 0 Å². The van der Waals surface area contributed by atoms with E-state index in [1.807, 2.05) is 0 Å². The van der Waals surface area contributed by atoms with Crippen LogP contribution in [0, 0.1) is 10.1 Å². The Hall–Kier alpha value is -2.57. The molecule has 0 atom stereocenters. The Bertz CT molecular complexity index is 456. The van der Waals surface area contributed by atoms with Crippen molar-refractivity contribution in [2.75, 3.05) is 0 Å². The molecular formula is C11H11NO6. The van der Waals surface area contributed by atoms with E-state index in [-0.39, 0.29) is 23.5 Å². The highest BCUT2D eigenvalue weighted by Crippen LogP contribution is 2.14. The molecule has 0 aromatic heterocycles. The van der Waals surface area contributed by atoms with Gasteiger partial charge < -0.3 is 5.11 Å². The van der Waals surface area contributed by atoms with Crippen molar-refractivity contribution in [3.8, 4) is 0 Å². The average molecular weight is 253 g/mol. The molecule has 1 rings (SSSR count). The third-order valence-electron chi connectivity index (χ3n) is 1.66. The maximum absolute atomic E-state index is 10.2. The van der Waals surface area contributed by atoms with Crippen molar-refractivity contribution >= 4 is 23.7 Å². The Balaban J connectivity index is 0.000000360. The van der Waals surface area contributed by atoms with Gasteiger partial charge in [-0.3, -0.25) is 24.5 Å². The summed E-state index contributed by atoms with van der Waals surface area (Å²) in [5.74, 6) is -1.37. The lowest BCUT2D eigenvalue weighted by Crippen LogP contribution is -2.00. The molecule has 0 spiro atoms. The minimum Gasteiger partial charge on any atom is -0.481 e. The Morgan fingerprint density at radius 2 is 1.94 bits per heavy atom. The third-order valence-corrected chi connectivity index (χ3v) is 1.66. The summed E-state index contributed by atoms with van der Waals surface area (Å²) in [7, 11) is 0. The van der Waals surface area contributed by atoms with E-state index in [0.717, 1.165) is 0 Å². The first-order chi connectivity index (χ1) is 8.38. The lowest BCUT2D eigenvalue weighted by molar-refractivity contribution is -0.385. The van der Waals surface area contributed by atoms with Crippen LogP contribution >= 0.6 is 0 Å². The Morgan fingerprint density at radius 3 is 2.22 bits per heavy atom. The maximum Gasteiger partial charge on any atom is 0.310 e. The van der Waals surface area contributed by atoms with Crippen molar-refractivity contribution in [1.29, 1.82) is 0 Å². The molecule has 1 aromatic rings. The van der Waals surface area contributed by atoms with Crippen LogP contribution in [0.3, 0.4) is 0 Å². The number of hydrogen-bond acceptors (Lipinski definition) is 5. The fourth-order valence-electron chi connectivity index (χ4n) is 0.966. The topological polar surface area (TPSA) is 115 Å². The zero-order valence-corrected chi connectivity index (χ0v) is 9.53. The molecule has 96 valence electrons. The van der Waals surface area contributed by atoms with Crippen molar-refractivity contribution in [3.05, 3.63) is 39.9 Å². The van der Waals surface area contributed by atoms with Gasteiger partial charge in [0.05, 0.1) is 10.5 Å². The van der Waals surface area contributed by atoms with Gasteiger partial charge in [0.1, 0.15) is 12.2 Å². The van der Waals surface area contributed by atoms with Crippen LogP contribution in [0.4, 0.5) is 5.69 Å². The maximum atomic E-state index is 10.2. The fourth-order valence-corrected chi connectivity index (χ4v) is 0.966. The molecule has 1 aromatic carbocycles. The molecule has 0 saturated carbocycles. The van der Waals surface area contributed by atoms with Crippen molar-refractivity contribution in [2.45, 2.75) is 13.3 Å². The summed E-state index contributed by atoms with van der Waals surface area (Å²) < 4.78 is 0. The van der Waals surface area contributed by atoms with E-state index in [2.05, 4.69) is 0 Å². The summed E-state index contributed by atoms with van der Waals surface area (Å²) in [6, 6.07) is 5.80. The number of rotatable bonds is 4. The number of carboxylic acid groups (broad SMARTS) is 1. The van der Waals surface area contributed by atoms with Crippen molar-refractivity contribution < 1.29 is 24.4 Å². The van der Waals surface area contributed by atoms with Crippen LogP contribution in [-0.2, 0) is 9.59 Å². The zero-order chi connectivity index (χ0) is 14.1. The van der Waals surface area contributed by atoms with Crippen LogP contribution in [0.2, 0.25) is 0 Å². The van der Waals surface area contributed by atoms with Gasteiger partial charge in [0.2, 0.25) is 0 Å². The number of para-hydroxylation sites is 1. The predicted octanol–water partition coefficient (Wildman–Crippen LogP) is 1.46. The lowest BCUT2D eigenvalue weighted by atomic mass is 10.2. The first kappa shape index (κ1) is 15.4. The number of Topliss-reactive ketones (excluding diaryl/α,β-unsaturated/α-hetero) is 1. The predicted molar refractivity (Wildman–Crippen MR) is 61.4 cm³/mol. The molecule has 0 bridgehead atoms. The number of carbonyl (C=O) groups is 3. The van der Waals surface area contributed by atoms with Crippen LogP contribution in [0.5, 0.6) is 0 Å². The normalized spacial score (nSPS) is 8.72. The summed E-state index contributed by atoms with van der Waals surface area (Å²) >= 11 is 0. The van der Waals surface area contributed by atoms with Crippen LogP contribution in [0.25, 0.3) is 0 Å². The highest BCUT2D eigenvalue weighted by Gasteiger charge is 2.09. The molecule has 18 heavy (non-hydrogen) atoms. The quantitative estimate of drug-likeness (QED) is 0.376. The second-order valence-corrected chi connectivity index (χ2v) is 3.21. The number of carboxylic acids is 1. The van der Waals surface area contributed by atoms with E-state index in [0.29, 0.717) is 6.29 Å². The lowest BCUT2D eigenvalue weighted by Gasteiger charge is -1.91. The van der Waals surface area contributed by atoms with Crippen LogP contribution < -0.4 is 0 Å². The number of nitrogens with zero attached hydrogens (tertiary/aromatic N) is 1. The van der Waals surface area contributed by atoms with Crippen LogP contribution in [0.15, 0.2) is 24.3 Å². The fraction of sp³-hybridized carbons (Fsp3) is 0.182.